The van der Waals surface area contributed by atoms with Crippen LogP contribution in [0.4, 0.5) is 10.1 Å². The van der Waals surface area contributed by atoms with Crippen molar-refractivity contribution >= 4 is 33.2 Å². The van der Waals surface area contributed by atoms with Crippen LogP contribution in [0.3, 0.4) is 0 Å². The van der Waals surface area contributed by atoms with Gasteiger partial charge in [-0.3, -0.25) is 4.79 Å². The maximum atomic E-state index is 13.9. The molecule has 0 aliphatic heterocycles. The van der Waals surface area contributed by atoms with Crippen molar-refractivity contribution in [2.75, 3.05) is 5.32 Å². The molecule has 2 rings (SSSR count). The summed E-state index contributed by atoms with van der Waals surface area (Å²) in [5.74, 6) is -1.22. The number of benzene rings is 2. The van der Waals surface area contributed by atoms with Crippen LogP contribution >= 0.6 is 11.6 Å². The third kappa shape index (κ3) is 5.03. The number of anilines is 1. The number of carbonyl (C=O) groups excluding carboxylic acids is 1. The normalized spacial score (nSPS) is 12.1. The molecule has 0 saturated carbocycles. The van der Waals surface area contributed by atoms with Gasteiger partial charge in [0.1, 0.15) is 10.7 Å². The minimum atomic E-state index is -3.93. The van der Waals surface area contributed by atoms with Crippen LogP contribution in [0.25, 0.3) is 0 Å². The largest absolute Gasteiger partial charge is 0.319 e. The molecule has 140 valence electrons. The van der Waals surface area contributed by atoms with Crippen LogP contribution < -0.4 is 10.0 Å². The van der Waals surface area contributed by atoms with Crippen LogP contribution in [0, 0.1) is 12.7 Å². The van der Waals surface area contributed by atoms with Gasteiger partial charge < -0.3 is 5.32 Å². The fourth-order valence-corrected chi connectivity index (χ4v) is 4.17. The number of rotatable bonds is 4. The van der Waals surface area contributed by atoms with Crippen LogP contribution in [-0.4, -0.2) is 19.9 Å². The summed E-state index contributed by atoms with van der Waals surface area (Å²) < 4.78 is 41.4. The quantitative estimate of drug-likeness (QED) is 0.813. The predicted octanol–water partition coefficient (Wildman–Crippen LogP) is 4.12. The first-order valence-corrected chi connectivity index (χ1v) is 9.66. The number of amides is 1. The van der Waals surface area contributed by atoms with Gasteiger partial charge in [-0.25, -0.2) is 17.5 Å². The molecule has 2 aromatic rings. The molecule has 0 atom stereocenters. The zero-order chi connectivity index (χ0) is 19.7. The zero-order valence-electron chi connectivity index (χ0n) is 14.9. The van der Waals surface area contributed by atoms with Crippen LogP contribution in [0.15, 0.2) is 41.3 Å². The standard InChI is InChI=1S/C18H20ClFN2O3S/c1-11-5-8-15(14(20)9-11)21-17(23)12-6-7-13(19)16(10-12)26(24,25)22-18(2,3)4/h5-10,22H,1-4H3,(H,21,23). The lowest BCUT2D eigenvalue weighted by atomic mass is 10.1. The van der Waals surface area contributed by atoms with Crippen molar-refractivity contribution in [3.05, 3.63) is 58.4 Å². The second-order valence-corrected chi connectivity index (χ2v) is 9.00. The summed E-state index contributed by atoms with van der Waals surface area (Å²) in [4.78, 5) is 12.2. The first-order valence-electron chi connectivity index (χ1n) is 7.80. The molecule has 26 heavy (non-hydrogen) atoms. The van der Waals surface area contributed by atoms with E-state index in [1.165, 1.54) is 24.3 Å². The Morgan fingerprint density at radius 2 is 1.77 bits per heavy atom. The molecule has 8 heteroatoms. The molecule has 5 nitrogen and oxygen atoms in total. The van der Waals surface area contributed by atoms with Gasteiger partial charge in [-0.05, 0) is 63.6 Å². The summed E-state index contributed by atoms with van der Waals surface area (Å²) in [5.41, 5.74) is 0.0518. The summed E-state index contributed by atoms with van der Waals surface area (Å²) in [6.07, 6.45) is 0. The van der Waals surface area contributed by atoms with E-state index in [1.807, 2.05) is 0 Å². The molecule has 0 radical (unpaired) electrons. The zero-order valence-corrected chi connectivity index (χ0v) is 16.4. The number of hydrogen-bond acceptors (Lipinski definition) is 3. The molecule has 0 unspecified atom stereocenters. The van der Waals surface area contributed by atoms with Crippen molar-refractivity contribution in [2.24, 2.45) is 0 Å². The third-order valence-corrected chi connectivity index (χ3v) is 5.54. The Hall–Kier alpha value is -1.96. The fraction of sp³-hybridized carbons (Fsp3) is 0.278. The van der Waals surface area contributed by atoms with Crippen LogP contribution in [0.5, 0.6) is 0 Å². The Morgan fingerprint density at radius 1 is 1.12 bits per heavy atom. The van der Waals surface area contributed by atoms with Crippen molar-refractivity contribution in [2.45, 2.75) is 38.1 Å². The average molecular weight is 399 g/mol. The first-order chi connectivity index (χ1) is 11.9. The Balaban J connectivity index is 2.35. The van der Waals surface area contributed by atoms with E-state index in [9.17, 15) is 17.6 Å². The number of halogens is 2. The van der Waals surface area contributed by atoms with Gasteiger partial charge in [0.2, 0.25) is 10.0 Å². The summed E-state index contributed by atoms with van der Waals surface area (Å²) >= 11 is 6.01. The van der Waals surface area contributed by atoms with E-state index in [0.29, 0.717) is 5.56 Å². The van der Waals surface area contributed by atoms with Gasteiger partial charge in [0.25, 0.3) is 5.91 Å². The van der Waals surface area contributed by atoms with E-state index in [2.05, 4.69) is 10.0 Å². The van der Waals surface area contributed by atoms with Gasteiger partial charge in [0, 0.05) is 11.1 Å². The Morgan fingerprint density at radius 3 is 2.35 bits per heavy atom. The van der Waals surface area contributed by atoms with Crippen molar-refractivity contribution in [3.8, 4) is 0 Å². The Kier molecular flexibility index (Phi) is 5.75. The van der Waals surface area contributed by atoms with Crippen molar-refractivity contribution < 1.29 is 17.6 Å². The molecule has 2 N–H and O–H groups in total. The van der Waals surface area contributed by atoms with Crippen LogP contribution in [0.1, 0.15) is 36.7 Å². The molecule has 0 aliphatic rings. The van der Waals surface area contributed by atoms with Crippen molar-refractivity contribution in [1.29, 1.82) is 0 Å². The van der Waals surface area contributed by atoms with E-state index < -0.39 is 27.3 Å². The van der Waals surface area contributed by atoms with Crippen molar-refractivity contribution in [1.82, 2.24) is 4.72 Å². The van der Waals surface area contributed by atoms with Gasteiger partial charge in [-0.15, -0.1) is 0 Å². The van der Waals surface area contributed by atoms with E-state index >= 15 is 0 Å². The maximum absolute atomic E-state index is 13.9. The van der Waals surface area contributed by atoms with E-state index in [0.717, 1.165) is 6.07 Å². The Bertz CT molecular complexity index is 953. The number of carbonyl (C=O) groups is 1. The van der Waals surface area contributed by atoms with Crippen LogP contribution in [-0.2, 0) is 10.0 Å². The molecule has 0 saturated heterocycles. The van der Waals surface area contributed by atoms with Gasteiger partial charge in [-0.2, -0.15) is 0 Å². The Labute approximate surface area is 157 Å². The molecule has 1 amide bonds. The van der Waals surface area contributed by atoms with Crippen LogP contribution in [0.2, 0.25) is 5.02 Å². The fourth-order valence-electron chi connectivity index (χ4n) is 2.22. The highest BCUT2D eigenvalue weighted by molar-refractivity contribution is 7.89. The predicted molar refractivity (Wildman–Crippen MR) is 101 cm³/mol. The lowest BCUT2D eigenvalue weighted by Gasteiger charge is -2.21. The van der Waals surface area contributed by atoms with E-state index in [-0.39, 0.29) is 21.2 Å². The van der Waals surface area contributed by atoms with Gasteiger partial charge in [0.05, 0.1) is 10.7 Å². The lowest BCUT2D eigenvalue weighted by molar-refractivity contribution is 0.102. The van der Waals surface area contributed by atoms with Crippen molar-refractivity contribution in [3.63, 3.8) is 0 Å². The van der Waals surface area contributed by atoms with Gasteiger partial charge in [-0.1, -0.05) is 17.7 Å². The van der Waals surface area contributed by atoms with E-state index in [4.69, 9.17) is 11.6 Å². The molecule has 0 bridgehead atoms. The summed E-state index contributed by atoms with van der Waals surface area (Å²) in [7, 11) is -3.93. The maximum Gasteiger partial charge on any atom is 0.255 e. The van der Waals surface area contributed by atoms with Gasteiger partial charge in [0.15, 0.2) is 0 Å². The summed E-state index contributed by atoms with van der Waals surface area (Å²) in [5, 5.41) is 2.41. The molecular weight excluding hydrogens is 379 g/mol. The van der Waals surface area contributed by atoms with E-state index in [1.54, 1.807) is 33.8 Å². The highest BCUT2D eigenvalue weighted by Crippen LogP contribution is 2.25. The minimum absolute atomic E-state index is 0.00720. The van der Waals surface area contributed by atoms with Gasteiger partial charge >= 0.3 is 0 Å². The second-order valence-electron chi connectivity index (χ2n) is 6.94. The lowest BCUT2D eigenvalue weighted by Crippen LogP contribution is -2.40. The topological polar surface area (TPSA) is 75.3 Å². The third-order valence-electron chi connectivity index (χ3n) is 3.30. The molecular formula is C18H20ClFN2O3S. The summed E-state index contributed by atoms with van der Waals surface area (Å²) in [6.45, 7) is 6.80. The molecule has 0 spiro atoms. The smallest absolute Gasteiger partial charge is 0.255 e. The number of nitrogens with one attached hydrogen (secondary N) is 2. The molecule has 0 aliphatic carbocycles. The monoisotopic (exact) mass is 398 g/mol. The molecule has 0 fully saturated rings. The second kappa shape index (κ2) is 7.34. The minimum Gasteiger partial charge on any atom is -0.319 e. The highest BCUT2D eigenvalue weighted by atomic mass is 35.5. The number of hydrogen-bond donors (Lipinski definition) is 2. The summed E-state index contributed by atoms with van der Waals surface area (Å²) in [6, 6.07) is 8.25. The molecule has 0 aromatic heterocycles. The molecule has 0 heterocycles. The first kappa shape index (κ1) is 20.4. The number of sulfonamides is 1. The average Bonchev–Trinajstić information content (AvgIpc) is 2.47. The SMILES string of the molecule is Cc1ccc(NC(=O)c2ccc(Cl)c(S(=O)(=O)NC(C)(C)C)c2)c(F)c1. The highest BCUT2D eigenvalue weighted by Gasteiger charge is 2.25. The number of aryl methyl sites for hydroxylation is 1. The molecule has 2 aromatic carbocycles.